The highest BCUT2D eigenvalue weighted by Crippen LogP contribution is 2.38. The molecular formula is C20H27N5O4. The normalized spacial score (nSPS) is 15.5. The topological polar surface area (TPSA) is 100 Å². The number of tetrazole rings is 1. The third-order valence-electron chi connectivity index (χ3n) is 4.72. The molecule has 3 rings (SSSR count). The molecule has 29 heavy (non-hydrogen) atoms. The van der Waals surface area contributed by atoms with E-state index in [0.717, 1.165) is 24.8 Å². The molecule has 1 unspecified atom stereocenters. The van der Waals surface area contributed by atoms with Crippen LogP contribution in [0.2, 0.25) is 0 Å². The molecule has 0 spiro atoms. The number of unbranched alkanes of at least 4 members (excludes halogenated alkanes) is 2. The van der Waals surface area contributed by atoms with Crippen LogP contribution in [0.4, 0.5) is 5.95 Å². The zero-order valence-corrected chi connectivity index (χ0v) is 17.3. The Balaban J connectivity index is 1.97. The molecule has 1 aromatic carbocycles. The maximum Gasteiger partial charge on any atom is 0.338 e. The number of benzene rings is 1. The van der Waals surface area contributed by atoms with Gasteiger partial charge in [0.15, 0.2) is 11.5 Å². The molecule has 1 aromatic heterocycles. The number of ether oxygens (including phenoxy) is 3. The van der Waals surface area contributed by atoms with Crippen LogP contribution in [-0.4, -0.2) is 46.5 Å². The van der Waals surface area contributed by atoms with Crippen LogP contribution in [0, 0.1) is 0 Å². The summed E-state index contributed by atoms with van der Waals surface area (Å²) in [5.41, 5.74) is 1.89. The van der Waals surface area contributed by atoms with E-state index in [1.54, 1.807) is 25.6 Å². The van der Waals surface area contributed by atoms with Gasteiger partial charge in [0.05, 0.1) is 25.9 Å². The van der Waals surface area contributed by atoms with Crippen molar-refractivity contribution in [1.29, 1.82) is 0 Å². The molecule has 0 bridgehead atoms. The number of carbonyl (C=O) groups is 1. The van der Waals surface area contributed by atoms with Gasteiger partial charge in [-0.1, -0.05) is 30.9 Å². The van der Waals surface area contributed by atoms with E-state index in [0.29, 0.717) is 35.3 Å². The Labute approximate surface area is 170 Å². The van der Waals surface area contributed by atoms with E-state index < -0.39 is 12.0 Å². The monoisotopic (exact) mass is 401 g/mol. The first-order valence-corrected chi connectivity index (χ1v) is 9.84. The fraction of sp³-hybridized carbons (Fsp3) is 0.500. The van der Waals surface area contributed by atoms with Crippen LogP contribution >= 0.6 is 0 Å². The van der Waals surface area contributed by atoms with Gasteiger partial charge in [-0.25, -0.2) is 4.79 Å². The number of hydrogen-bond acceptors (Lipinski definition) is 8. The highest BCUT2D eigenvalue weighted by molar-refractivity contribution is 5.92. The fourth-order valence-corrected chi connectivity index (χ4v) is 3.30. The number of nitrogens with zero attached hydrogens (tertiary/aromatic N) is 4. The van der Waals surface area contributed by atoms with E-state index in [-0.39, 0.29) is 6.61 Å². The predicted molar refractivity (Wildman–Crippen MR) is 107 cm³/mol. The molecule has 1 aliphatic rings. The number of rotatable bonds is 9. The van der Waals surface area contributed by atoms with E-state index in [2.05, 4.69) is 27.8 Å². The molecule has 0 saturated heterocycles. The first-order chi connectivity index (χ1) is 14.1. The number of hydrogen-bond donors (Lipinski definition) is 1. The lowest BCUT2D eigenvalue weighted by Gasteiger charge is -2.27. The van der Waals surface area contributed by atoms with Gasteiger partial charge in [-0.15, -0.1) is 0 Å². The highest BCUT2D eigenvalue weighted by atomic mass is 16.5. The van der Waals surface area contributed by atoms with E-state index in [1.807, 2.05) is 18.2 Å². The molecule has 2 heterocycles. The minimum absolute atomic E-state index is 0.276. The van der Waals surface area contributed by atoms with Gasteiger partial charge in [0.25, 0.3) is 0 Å². The molecule has 156 valence electrons. The van der Waals surface area contributed by atoms with Crippen molar-refractivity contribution in [2.75, 3.05) is 25.6 Å². The lowest BCUT2D eigenvalue weighted by molar-refractivity contribution is -0.139. The number of aromatic nitrogens is 4. The van der Waals surface area contributed by atoms with Crippen LogP contribution in [0.5, 0.6) is 11.5 Å². The Hall–Kier alpha value is -3.10. The number of carbonyl (C=O) groups excluding carboxylic acids is 1. The maximum atomic E-state index is 12.7. The van der Waals surface area contributed by atoms with E-state index in [1.165, 1.54) is 0 Å². The molecular weight excluding hydrogens is 374 g/mol. The first kappa shape index (κ1) is 20.6. The van der Waals surface area contributed by atoms with Crippen molar-refractivity contribution in [2.24, 2.45) is 0 Å². The van der Waals surface area contributed by atoms with Gasteiger partial charge < -0.3 is 19.5 Å². The van der Waals surface area contributed by atoms with Crippen molar-refractivity contribution in [2.45, 2.75) is 46.1 Å². The van der Waals surface area contributed by atoms with Crippen molar-refractivity contribution < 1.29 is 19.0 Å². The number of nitrogens with one attached hydrogen (secondary N) is 1. The zero-order valence-electron chi connectivity index (χ0n) is 17.3. The molecule has 9 heteroatoms. The quantitative estimate of drug-likeness (QED) is 0.505. The largest absolute Gasteiger partial charge is 0.493 e. The van der Waals surface area contributed by atoms with Gasteiger partial charge in [-0.05, 0) is 48.4 Å². The van der Waals surface area contributed by atoms with Crippen LogP contribution in [-0.2, 0) is 9.53 Å². The molecule has 1 aliphatic heterocycles. The smallest absolute Gasteiger partial charge is 0.338 e. The Bertz CT molecular complexity index is 893. The second kappa shape index (κ2) is 9.40. The number of esters is 1. The summed E-state index contributed by atoms with van der Waals surface area (Å²) in [6.45, 7) is 6.63. The van der Waals surface area contributed by atoms with Gasteiger partial charge in [-0.2, -0.15) is 4.68 Å². The Kier molecular flexibility index (Phi) is 6.69. The third-order valence-corrected chi connectivity index (χ3v) is 4.72. The molecule has 0 aliphatic carbocycles. The molecule has 1 N–H and O–H groups in total. The summed E-state index contributed by atoms with van der Waals surface area (Å²) in [5, 5.41) is 14.9. The second-order valence-electron chi connectivity index (χ2n) is 6.70. The first-order valence-electron chi connectivity index (χ1n) is 9.84. The number of fused-ring (bicyclic) bond motifs is 1. The summed E-state index contributed by atoms with van der Waals surface area (Å²) < 4.78 is 18.3. The van der Waals surface area contributed by atoms with E-state index >= 15 is 0 Å². The molecule has 1 atom stereocenters. The minimum atomic E-state index is -0.539. The molecule has 0 radical (unpaired) electrons. The number of methoxy groups -OCH3 is 1. The summed E-state index contributed by atoms with van der Waals surface area (Å²) in [4.78, 5) is 12.7. The standard InChI is InChI=1S/C20H27N5O4/c1-5-7-8-11-29-15-10-9-14(12-16(15)27-4)18-17(19(26)28-6-2)13(3)21-20-22-23-24-25(18)20/h9-10,12,18H,5-8,11H2,1-4H3,(H,21,22,24). The van der Waals surface area contributed by atoms with Gasteiger partial charge in [-0.3, -0.25) is 0 Å². The average Bonchev–Trinajstić information content (AvgIpc) is 3.18. The summed E-state index contributed by atoms with van der Waals surface area (Å²) in [5.74, 6) is 1.30. The van der Waals surface area contributed by atoms with Crippen LogP contribution in [0.15, 0.2) is 29.5 Å². The van der Waals surface area contributed by atoms with Crippen molar-refractivity contribution in [1.82, 2.24) is 20.2 Å². The average molecular weight is 401 g/mol. The van der Waals surface area contributed by atoms with E-state index in [4.69, 9.17) is 14.2 Å². The number of anilines is 1. The Morgan fingerprint density at radius 3 is 2.79 bits per heavy atom. The zero-order chi connectivity index (χ0) is 20.8. The van der Waals surface area contributed by atoms with Gasteiger partial charge in [0.1, 0.15) is 6.04 Å². The van der Waals surface area contributed by atoms with Crippen LogP contribution in [0.25, 0.3) is 0 Å². The molecule has 0 fully saturated rings. The molecule has 9 nitrogen and oxygen atoms in total. The lowest BCUT2D eigenvalue weighted by Crippen LogP contribution is -2.29. The second-order valence-corrected chi connectivity index (χ2v) is 6.70. The van der Waals surface area contributed by atoms with Gasteiger partial charge in [0.2, 0.25) is 5.95 Å². The van der Waals surface area contributed by atoms with Crippen LogP contribution in [0.1, 0.15) is 51.6 Å². The summed E-state index contributed by atoms with van der Waals surface area (Å²) in [6.07, 6.45) is 3.23. The fourth-order valence-electron chi connectivity index (χ4n) is 3.30. The van der Waals surface area contributed by atoms with Crippen molar-refractivity contribution in [3.63, 3.8) is 0 Å². The van der Waals surface area contributed by atoms with Crippen LogP contribution in [0.3, 0.4) is 0 Å². The Morgan fingerprint density at radius 1 is 1.24 bits per heavy atom. The summed E-state index contributed by atoms with van der Waals surface area (Å²) >= 11 is 0. The van der Waals surface area contributed by atoms with Crippen LogP contribution < -0.4 is 14.8 Å². The lowest BCUT2D eigenvalue weighted by atomic mass is 9.95. The summed E-state index contributed by atoms with van der Waals surface area (Å²) in [6, 6.07) is 5.06. The van der Waals surface area contributed by atoms with Gasteiger partial charge in [0, 0.05) is 5.70 Å². The Morgan fingerprint density at radius 2 is 2.07 bits per heavy atom. The highest BCUT2D eigenvalue weighted by Gasteiger charge is 2.35. The molecule has 0 amide bonds. The maximum absolute atomic E-state index is 12.7. The molecule has 0 saturated carbocycles. The number of allylic oxidation sites excluding steroid dienone is 1. The minimum Gasteiger partial charge on any atom is -0.493 e. The predicted octanol–water partition coefficient (Wildman–Crippen LogP) is 3.10. The van der Waals surface area contributed by atoms with Gasteiger partial charge >= 0.3 is 5.97 Å². The third kappa shape index (κ3) is 4.33. The van der Waals surface area contributed by atoms with Crippen molar-refractivity contribution in [3.05, 3.63) is 35.0 Å². The SMILES string of the molecule is CCCCCOc1ccc(C2C(C(=O)OCC)=C(C)Nc3nnnn32)cc1OC. The molecule has 2 aromatic rings. The summed E-state index contributed by atoms with van der Waals surface area (Å²) in [7, 11) is 1.59. The van der Waals surface area contributed by atoms with E-state index in [9.17, 15) is 4.79 Å². The van der Waals surface area contributed by atoms with Crippen molar-refractivity contribution >= 4 is 11.9 Å². The van der Waals surface area contributed by atoms with Crippen molar-refractivity contribution in [3.8, 4) is 11.5 Å².